The Balaban J connectivity index is 3.64. The van der Waals surface area contributed by atoms with E-state index in [0.29, 0.717) is 12.8 Å². The summed E-state index contributed by atoms with van der Waals surface area (Å²) >= 11 is 0. The quantitative estimate of drug-likeness (QED) is 0.0580. The number of carbonyl (C=O) groups is 1. The van der Waals surface area contributed by atoms with E-state index in [1.807, 2.05) is 0 Å². The highest BCUT2D eigenvalue weighted by Crippen LogP contribution is 2.13. The van der Waals surface area contributed by atoms with E-state index >= 15 is 0 Å². The van der Waals surface area contributed by atoms with Crippen molar-refractivity contribution >= 4 is 5.91 Å². The van der Waals surface area contributed by atoms with Crippen LogP contribution in [0.2, 0.25) is 0 Å². The molecule has 0 aromatic heterocycles. The van der Waals surface area contributed by atoms with Crippen LogP contribution in [0, 0.1) is 0 Å². The lowest BCUT2D eigenvalue weighted by Crippen LogP contribution is -2.45. The van der Waals surface area contributed by atoms with Gasteiger partial charge in [-0.1, -0.05) is 134 Å². The van der Waals surface area contributed by atoms with Crippen LogP contribution in [-0.4, -0.2) is 34.9 Å². The molecule has 0 radical (unpaired) electrons. The third kappa shape index (κ3) is 28.4. The van der Waals surface area contributed by atoms with Crippen molar-refractivity contribution in [3.8, 4) is 0 Å². The Morgan fingerprint density at radius 2 is 0.950 bits per heavy atom. The standard InChI is InChI=1S/C36H69NO3/c1-3-5-7-9-11-13-15-17-18-20-21-23-25-27-29-31-35(39)34(33-38)37-36(40)32-30-28-26-24-22-19-16-14-12-10-8-6-4-2/h14,16,21,23,34-35,38-39H,3-13,15,17-20,22,24-33H2,1-2H3,(H,37,40)/b16-14+,23-21+/t34-,35+/m0/s1. The first-order valence-electron chi connectivity index (χ1n) is 17.5. The van der Waals surface area contributed by atoms with Gasteiger partial charge < -0.3 is 15.5 Å². The molecule has 236 valence electrons. The Labute approximate surface area is 249 Å². The van der Waals surface area contributed by atoms with E-state index in [-0.39, 0.29) is 12.5 Å². The molecule has 0 rings (SSSR count). The molecule has 0 aromatic rings. The lowest BCUT2D eigenvalue weighted by molar-refractivity contribution is -0.123. The smallest absolute Gasteiger partial charge is 0.220 e. The molecule has 0 saturated heterocycles. The third-order valence-corrected chi connectivity index (χ3v) is 7.93. The Bertz CT molecular complexity index is 574. The number of hydrogen-bond donors (Lipinski definition) is 3. The van der Waals surface area contributed by atoms with Gasteiger partial charge in [-0.2, -0.15) is 0 Å². The third-order valence-electron chi connectivity index (χ3n) is 7.93. The van der Waals surface area contributed by atoms with Gasteiger partial charge in [-0.3, -0.25) is 4.79 Å². The number of aliphatic hydroxyl groups excluding tert-OH is 2. The zero-order chi connectivity index (χ0) is 29.4. The monoisotopic (exact) mass is 564 g/mol. The molecule has 0 aliphatic heterocycles. The van der Waals surface area contributed by atoms with Crippen molar-refractivity contribution in [2.75, 3.05) is 6.61 Å². The highest BCUT2D eigenvalue weighted by atomic mass is 16.3. The number of amides is 1. The maximum Gasteiger partial charge on any atom is 0.220 e. The molecule has 0 aliphatic carbocycles. The van der Waals surface area contributed by atoms with Crippen LogP contribution in [0.4, 0.5) is 0 Å². The van der Waals surface area contributed by atoms with Gasteiger partial charge in [0, 0.05) is 6.42 Å². The maximum absolute atomic E-state index is 12.3. The molecule has 40 heavy (non-hydrogen) atoms. The summed E-state index contributed by atoms with van der Waals surface area (Å²) in [5.74, 6) is -0.0523. The van der Waals surface area contributed by atoms with Gasteiger partial charge in [-0.25, -0.2) is 0 Å². The minimum Gasteiger partial charge on any atom is -0.394 e. The number of allylic oxidation sites excluding steroid dienone is 4. The van der Waals surface area contributed by atoms with E-state index in [4.69, 9.17) is 0 Å². The number of carbonyl (C=O) groups excluding carboxylic acids is 1. The molecular weight excluding hydrogens is 494 g/mol. The predicted octanol–water partition coefficient (Wildman–Crippen LogP) is 10.1. The number of aliphatic hydroxyl groups is 2. The highest BCUT2D eigenvalue weighted by molar-refractivity contribution is 5.76. The summed E-state index contributed by atoms with van der Waals surface area (Å²) in [4.78, 5) is 12.3. The molecule has 4 nitrogen and oxygen atoms in total. The minimum atomic E-state index is -0.681. The number of rotatable bonds is 31. The molecular formula is C36H69NO3. The Morgan fingerprint density at radius 3 is 1.40 bits per heavy atom. The average molecular weight is 564 g/mol. The maximum atomic E-state index is 12.3. The minimum absolute atomic E-state index is 0.0523. The summed E-state index contributed by atoms with van der Waals surface area (Å²) < 4.78 is 0. The molecule has 0 heterocycles. The van der Waals surface area contributed by atoms with Gasteiger partial charge in [0.15, 0.2) is 0 Å². The molecule has 0 aromatic carbocycles. The van der Waals surface area contributed by atoms with Gasteiger partial charge in [0.25, 0.3) is 0 Å². The van der Waals surface area contributed by atoms with Crippen molar-refractivity contribution in [2.24, 2.45) is 0 Å². The van der Waals surface area contributed by atoms with Crippen LogP contribution in [0.3, 0.4) is 0 Å². The summed E-state index contributed by atoms with van der Waals surface area (Å²) in [5, 5.41) is 23.0. The average Bonchev–Trinajstić information content (AvgIpc) is 2.96. The number of hydrogen-bond acceptors (Lipinski definition) is 3. The van der Waals surface area contributed by atoms with Gasteiger partial charge in [-0.15, -0.1) is 0 Å². The molecule has 0 unspecified atom stereocenters. The molecule has 2 atom stereocenters. The molecule has 0 saturated carbocycles. The molecule has 0 fully saturated rings. The normalized spacial score (nSPS) is 13.4. The van der Waals surface area contributed by atoms with Crippen molar-refractivity contribution in [1.29, 1.82) is 0 Å². The Kier molecular flexibility index (Phi) is 31.5. The van der Waals surface area contributed by atoms with Gasteiger partial charge >= 0.3 is 0 Å². The summed E-state index contributed by atoms with van der Waals surface area (Å²) in [6.45, 7) is 4.31. The highest BCUT2D eigenvalue weighted by Gasteiger charge is 2.19. The van der Waals surface area contributed by atoms with Crippen LogP contribution in [0.25, 0.3) is 0 Å². The van der Waals surface area contributed by atoms with Gasteiger partial charge in [0.2, 0.25) is 5.91 Å². The van der Waals surface area contributed by atoms with Crippen LogP contribution < -0.4 is 5.32 Å². The molecule has 0 aliphatic rings. The summed E-state index contributed by atoms with van der Waals surface area (Å²) in [6, 6.07) is -0.552. The van der Waals surface area contributed by atoms with Crippen molar-refractivity contribution in [2.45, 2.75) is 193 Å². The molecule has 0 spiro atoms. The number of unbranched alkanes of at least 4 members (excludes halogenated alkanes) is 20. The molecule has 3 N–H and O–H groups in total. The van der Waals surface area contributed by atoms with E-state index in [2.05, 4.69) is 43.5 Å². The van der Waals surface area contributed by atoms with E-state index < -0.39 is 12.1 Å². The van der Waals surface area contributed by atoms with Crippen LogP contribution in [0.1, 0.15) is 181 Å². The van der Waals surface area contributed by atoms with Crippen molar-refractivity contribution in [3.63, 3.8) is 0 Å². The van der Waals surface area contributed by atoms with Crippen LogP contribution >= 0.6 is 0 Å². The Morgan fingerprint density at radius 1 is 0.575 bits per heavy atom. The van der Waals surface area contributed by atoms with E-state index in [1.165, 1.54) is 116 Å². The second kappa shape index (κ2) is 32.4. The zero-order valence-corrected chi connectivity index (χ0v) is 26.9. The van der Waals surface area contributed by atoms with Crippen LogP contribution in [-0.2, 0) is 4.79 Å². The summed E-state index contributed by atoms with van der Waals surface area (Å²) in [5.41, 5.74) is 0. The summed E-state index contributed by atoms with van der Waals surface area (Å²) in [7, 11) is 0. The summed E-state index contributed by atoms with van der Waals surface area (Å²) in [6.07, 6.45) is 39.4. The SMILES string of the molecule is CCCCCC/C=C/CCCCCCCC(=O)N[C@@H](CO)[C@H](O)CCCC/C=C/CCCCCCCCCCC. The fourth-order valence-corrected chi connectivity index (χ4v) is 5.17. The van der Waals surface area contributed by atoms with E-state index in [0.717, 1.165) is 38.5 Å². The van der Waals surface area contributed by atoms with E-state index in [1.54, 1.807) is 0 Å². The number of nitrogens with one attached hydrogen (secondary N) is 1. The van der Waals surface area contributed by atoms with E-state index in [9.17, 15) is 15.0 Å². The van der Waals surface area contributed by atoms with Crippen molar-refractivity contribution in [1.82, 2.24) is 5.32 Å². The predicted molar refractivity (Wildman–Crippen MR) is 175 cm³/mol. The fraction of sp³-hybridized carbons (Fsp3) is 0.861. The topological polar surface area (TPSA) is 69.6 Å². The molecule has 1 amide bonds. The van der Waals surface area contributed by atoms with Gasteiger partial charge in [-0.05, 0) is 64.2 Å². The van der Waals surface area contributed by atoms with Crippen LogP contribution in [0.5, 0.6) is 0 Å². The van der Waals surface area contributed by atoms with Crippen molar-refractivity contribution in [3.05, 3.63) is 24.3 Å². The van der Waals surface area contributed by atoms with Crippen LogP contribution in [0.15, 0.2) is 24.3 Å². The largest absolute Gasteiger partial charge is 0.394 e. The molecule has 0 bridgehead atoms. The lowest BCUT2D eigenvalue weighted by Gasteiger charge is -2.22. The first-order valence-corrected chi connectivity index (χ1v) is 17.5. The first kappa shape index (κ1) is 38.9. The fourth-order valence-electron chi connectivity index (χ4n) is 5.17. The van der Waals surface area contributed by atoms with Crippen molar-refractivity contribution < 1.29 is 15.0 Å². The van der Waals surface area contributed by atoms with Gasteiger partial charge in [0.05, 0.1) is 18.8 Å². The lowest BCUT2D eigenvalue weighted by atomic mass is 10.0. The second-order valence-electron chi connectivity index (χ2n) is 11.9. The zero-order valence-electron chi connectivity index (χ0n) is 26.9. The first-order chi connectivity index (χ1) is 19.7. The molecule has 4 heteroatoms. The Hall–Kier alpha value is -1.13. The van der Waals surface area contributed by atoms with Gasteiger partial charge in [0.1, 0.15) is 0 Å². The second-order valence-corrected chi connectivity index (χ2v) is 11.9.